The molecule has 0 aliphatic carbocycles. The van der Waals surface area contributed by atoms with Gasteiger partial charge in [-0.15, -0.1) is 0 Å². The summed E-state index contributed by atoms with van der Waals surface area (Å²) in [7, 11) is 0. The van der Waals surface area contributed by atoms with E-state index in [0.29, 0.717) is 19.6 Å². The molecule has 28 heavy (non-hydrogen) atoms. The van der Waals surface area contributed by atoms with E-state index < -0.39 is 0 Å². The van der Waals surface area contributed by atoms with Crippen LogP contribution in [0.3, 0.4) is 0 Å². The van der Waals surface area contributed by atoms with Gasteiger partial charge < -0.3 is 40.4 Å². The quantitative estimate of drug-likeness (QED) is 0.638. The SMILES string of the molecule is CCC[N+]12CCc3cc4c(cc3C1Cc1ccc3c(c1C2)OCO3)OCO4.[Br-]. The minimum atomic E-state index is 0. The van der Waals surface area contributed by atoms with Crippen molar-refractivity contribution in [1.82, 2.24) is 0 Å². The van der Waals surface area contributed by atoms with E-state index >= 15 is 0 Å². The van der Waals surface area contributed by atoms with Gasteiger partial charge in [0.25, 0.3) is 0 Å². The summed E-state index contributed by atoms with van der Waals surface area (Å²) in [5.74, 6) is 3.70. The average molecular weight is 446 g/mol. The van der Waals surface area contributed by atoms with Crippen LogP contribution in [0, 0.1) is 0 Å². The Balaban J connectivity index is 0.00000171. The molecule has 2 aromatic rings. The summed E-state index contributed by atoms with van der Waals surface area (Å²) < 4.78 is 23.9. The predicted octanol–water partition coefficient (Wildman–Crippen LogP) is 0.728. The summed E-state index contributed by atoms with van der Waals surface area (Å²) in [4.78, 5) is 0. The van der Waals surface area contributed by atoms with Crippen molar-refractivity contribution in [2.45, 2.75) is 38.8 Å². The number of quaternary nitrogens is 1. The minimum absolute atomic E-state index is 0. The Morgan fingerprint density at radius 3 is 2.61 bits per heavy atom. The maximum atomic E-state index is 5.86. The van der Waals surface area contributed by atoms with Gasteiger partial charge in [0.15, 0.2) is 23.0 Å². The third-order valence-electron chi connectivity index (χ3n) is 6.78. The number of nitrogens with zero attached hydrogens (tertiary/aromatic N) is 1. The lowest BCUT2D eigenvalue weighted by Crippen LogP contribution is -3.00. The summed E-state index contributed by atoms with van der Waals surface area (Å²) in [6, 6.07) is 9.25. The number of rotatable bonds is 2. The van der Waals surface area contributed by atoms with Crippen LogP contribution in [0.4, 0.5) is 0 Å². The van der Waals surface area contributed by atoms with Crippen LogP contribution < -0.4 is 35.9 Å². The molecule has 4 heterocycles. The smallest absolute Gasteiger partial charge is 0.231 e. The van der Waals surface area contributed by atoms with Crippen LogP contribution >= 0.6 is 0 Å². The molecule has 0 saturated carbocycles. The first-order valence-electron chi connectivity index (χ1n) is 9.96. The zero-order valence-corrected chi connectivity index (χ0v) is 17.6. The van der Waals surface area contributed by atoms with Gasteiger partial charge in [0, 0.05) is 18.4 Å². The van der Waals surface area contributed by atoms with Crippen molar-refractivity contribution in [3.8, 4) is 23.0 Å². The molecule has 6 rings (SSSR count). The van der Waals surface area contributed by atoms with Crippen LogP contribution in [-0.4, -0.2) is 31.2 Å². The number of hydrogen-bond acceptors (Lipinski definition) is 4. The second kappa shape index (κ2) is 6.56. The van der Waals surface area contributed by atoms with Gasteiger partial charge in [-0.25, -0.2) is 0 Å². The fraction of sp³-hybridized carbons (Fsp3) is 0.455. The largest absolute Gasteiger partial charge is 1.00 e. The molecular formula is C22H24BrNO4. The Hall–Kier alpha value is -1.92. The molecule has 148 valence electrons. The number of fused-ring (bicyclic) bond motifs is 7. The average Bonchev–Trinajstić information content (AvgIpc) is 3.34. The van der Waals surface area contributed by atoms with Crippen LogP contribution in [0.2, 0.25) is 0 Å². The number of benzene rings is 2. The number of hydrogen-bond donors (Lipinski definition) is 0. The fourth-order valence-corrected chi connectivity index (χ4v) is 5.56. The Labute approximate surface area is 175 Å². The molecule has 0 bridgehead atoms. The van der Waals surface area contributed by atoms with Crippen molar-refractivity contribution in [2.75, 3.05) is 26.7 Å². The summed E-state index contributed by atoms with van der Waals surface area (Å²) >= 11 is 0. The minimum Gasteiger partial charge on any atom is -1.00 e. The molecule has 6 heteroatoms. The van der Waals surface area contributed by atoms with Gasteiger partial charge in [-0.2, -0.15) is 0 Å². The Morgan fingerprint density at radius 1 is 0.964 bits per heavy atom. The van der Waals surface area contributed by atoms with Crippen LogP contribution in [0.1, 0.15) is 41.6 Å². The molecule has 5 nitrogen and oxygen atoms in total. The van der Waals surface area contributed by atoms with Crippen molar-refractivity contribution in [3.05, 3.63) is 46.5 Å². The van der Waals surface area contributed by atoms with Crippen molar-refractivity contribution < 1.29 is 40.4 Å². The van der Waals surface area contributed by atoms with Crippen molar-refractivity contribution in [2.24, 2.45) is 0 Å². The number of halogens is 1. The Morgan fingerprint density at radius 2 is 1.75 bits per heavy atom. The molecule has 4 aliphatic rings. The standard InChI is InChI=1S/C22H24NO4.BrH/c1-2-6-23-7-5-15-9-20-21(26-12-25-20)10-16(15)18(23)8-14-3-4-19-22(17(14)11-23)27-13-24-19;/h3-4,9-10,18H,2,5-8,11-13H2,1H3;1H/q+1;/p-1. The molecule has 0 N–H and O–H groups in total. The molecule has 4 aliphatic heterocycles. The summed E-state index contributed by atoms with van der Waals surface area (Å²) in [5.41, 5.74) is 5.64. The van der Waals surface area contributed by atoms with Crippen LogP contribution in [0.15, 0.2) is 24.3 Å². The van der Waals surface area contributed by atoms with Gasteiger partial charge in [0.2, 0.25) is 13.6 Å². The molecule has 0 fully saturated rings. The van der Waals surface area contributed by atoms with Crippen LogP contribution in [0.25, 0.3) is 0 Å². The number of ether oxygens (including phenoxy) is 4. The molecule has 0 saturated heterocycles. The zero-order chi connectivity index (χ0) is 18.0. The van der Waals surface area contributed by atoms with Crippen molar-refractivity contribution in [3.63, 3.8) is 0 Å². The predicted molar refractivity (Wildman–Crippen MR) is 99.3 cm³/mol. The monoisotopic (exact) mass is 445 g/mol. The van der Waals surface area contributed by atoms with Gasteiger partial charge in [-0.1, -0.05) is 13.0 Å². The third kappa shape index (κ3) is 2.47. The second-order valence-electron chi connectivity index (χ2n) is 8.14. The highest BCUT2D eigenvalue weighted by Gasteiger charge is 2.47. The highest BCUT2D eigenvalue weighted by Crippen LogP contribution is 2.51. The lowest BCUT2D eigenvalue weighted by atomic mass is 9.80. The Kier molecular flexibility index (Phi) is 4.25. The van der Waals surface area contributed by atoms with Gasteiger partial charge in [0.1, 0.15) is 12.6 Å². The van der Waals surface area contributed by atoms with E-state index in [0.717, 1.165) is 53.4 Å². The summed E-state index contributed by atoms with van der Waals surface area (Å²) in [5, 5.41) is 0. The van der Waals surface area contributed by atoms with Crippen molar-refractivity contribution >= 4 is 0 Å². The van der Waals surface area contributed by atoms with E-state index in [9.17, 15) is 0 Å². The highest BCUT2D eigenvalue weighted by molar-refractivity contribution is 5.54. The van der Waals surface area contributed by atoms with Gasteiger partial charge in [0.05, 0.1) is 18.7 Å². The van der Waals surface area contributed by atoms with Gasteiger partial charge in [-0.05, 0) is 35.7 Å². The topological polar surface area (TPSA) is 36.9 Å². The molecule has 0 spiro atoms. The third-order valence-corrected chi connectivity index (χ3v) is 6.78. The van der Waals surface area contributed by atoms with E-state index in [4.69, 9.17) is 18.9 Å². The Bertz CT molecular complexity index is 947. The second-order valence-corrected chi connectivity index (χ2v) is 8.14. The van der Waals surface area contributed by atoms with Crippen LogP contribution in [-0.2, 0) is 19.4 Å². The van der Waals surface area contributed by atoms with Gasteiger partial charge in [-0.3, -0.25) is 0 Å². The highest BCUT2D eigenvalue weighted by atomic mass is 79.9. The van der Waals surface area contributed by atoms with Gasteiger partial charge >= 0.3 is 0 Å². The zero-order valence-electron chi connectivity index (χ0n) is 16.0. The first-order valence-corrected chi connectivity index (χ1v) is 9.96. The maximum Gasteiger partial charge on any atom is 0.231 e. The molecule has 2 aromatic carbocycles. The van der Waals surface area contributed by atoms with Crippen molar-refractivity contribution in [1.29, 1.82) is 0 Å². The maximum absolute atomic E-state index is 5.86. The lowest BCUT2D eigenvalue weighted by molar-refractivity contribution is -0.973. The van der Waals surface area contributed by atoms with E-state index in [-0.39, 0.29) is 17.0 Å². The van der Waals surface area contributed by atoms with E-state index in [1.54, 1.807) is 0 Å². The fourth-order valence-electron chi connectivity index (χ4n) is 5.56. The first kappa shape index (κ1) is 18.1. The molecule has 0 radical (unpaired) electrons. The summed E-state index contributed by atoms with van der Waals surface area (Å²) in [6.45, 7) is 6.34. The summed E-state index contributed by atoms with van der Waals surface area (Å²) in [6.07, 6.45) is 3.31. The molecular weight excluding hydrogens is 422 g/mol. The lowest BCUT2D eigenvalue weighted by Gasteiger charge is -2.51. The van der Waals surface area contributed by atoms with E-state index in [1.165, 1.54) is 35.2 Å². The van der Waals surface area contributed by atoms with Crippen LogP contribution in [0.5, 0.6) is 23.0 Å². The molecule has 0 amide bonds. The molecule has 2 unspecified atom stereocenters. The van der Waals surface area contributed by atoms with E-state index in [1.807, 2.05) is 0 Å². The normalized spacial score (nSPS) is 25.4. The molecule has 0 aromatic heterocycles. The first-order chi connectivity index (χ1) is 13.3. The van der Waals surface area contributed by atoms with E-state index in [2.05, 4.69) is 31.2 Å². The molecule has 2 atom stereocenters.